The van der Waals surface area contributed by atoms with Crippen LogP contribution in [-0.2, 0) is 6.54 Å². The number of hydrogen-bond acceptors (Lipinski definition) is 4. The molecule has 2 rings (SSSR count). The molecule has 1 aromatic rings. The molecule has 0 aliphatic carbocycles. The third-order valence-electron chi connectivity index (χ3n) is 3.60. The lowest BCUT2D eigenvalue weighted by atomic mass is 10.1. The molecule has 0 N–H and O–H groups in total. The summed E-state index contributed by atoms with van der Waals surface area (Å²) in [6.07, 6.45) is 0. The standard InChI is InChI=1S/C13H18BrN3O2/c1-10-8-15(2)6-7-16(10)9-11-4-3-5-12(13(11)14)17(18)19/h3-5,10H,6-9H2,1-2H3. The van der Waals surface area contributed by atoms with E-state index in [-0.39, 0.29) is 10.6 Å². The number of nitro benzene ring substituents is 1. The molecule has 1 atom stereocenters. The number of halogens is 1. The topological polar surface area (TPSA) is 49.6 Å². The van der Waals surface area contributed by atoms with Crippen LogP contribution in [0.1, 0.15) is 12.5 Å². The smallest absolute Gasteiger partial charge is 0.283 e. The van der Waals surface area contributed by atoms with Crippen molar-refractivity contribution in [3.63, 3.8) is 0 Å². The van der Waals surface area contributed by atoms with Gasteiger partial charge in [0.2, 0.25) is 0 Å². The lowest BCUT2D eigenvalue weighted by molar-refractivity contribution is -0.385. The Balaban J connectivity index is 2.15. The van der Waals surface area contributed by atoms with Crippen LogP contribution in [0.25, 0.3) is 0 Å². The van der Waals surface area contributed by atoms with E-state index in [2.05, 4.69) is 39.7 Å². The van der Waals surface area contributed by atoms with Gasteiger partial charge in [0.05, 0.1) is 9.40 Å². The highest BCUT2D eigenvalue weighted by Crippen LogP contribution is 2.29. The van der Waals surface area contributed by atoms with E-state index in [4.69, 9.17) is 0 Å². The molecule has 0 radical (unpaired) electrons. The van der Waals surface area contributed by atoms with Crippen LogP contribution < -0.4 is 0 Å². The van der Waals surface area contributed by atoms with E-state index in [9.17, 15) is 10.1 Å². The first-order chi connectivity index (χ1) is 8.99. The zero-order valence-electron chi connectivity index (χ0n) is 11.2. The third-order valence-corrected chi connectivity index (χ3v) is 4.51. The van der Waals surface area contributed by atoms with Gasteiger partial charge in [0, 0.05) is 38.3 Å². The molecule has 0 aromatic heterocycles. The van der Waals surface area contributed by atoms with Crippen LogP contribution in [0.5, 0.6) is 0 Å². The van der Waals surface area contributed by atoms with Gasteiger partial charge in [-0.1, -0.05) is 12.1 Å². The van der Waals surface area contributed by atoms with Crippen molar-refractivity contribution in [1.29, 1.82) is 0 Å². The first-order valence-electron chi connectivity index (χ1n) is 6.33. The van der Waals surface area contributed by atoms with Crippen LogP contribution in [0, 0.1) is 10.1 Å². The van der Waals surface area contributed by atoms with Crippen molar-refractivity contribution in [3.05, 3.63) is 38.3 Å². The Labute approximate surface area is 121 Å². The fourth-order valence-corrected chi connectivity index (χ4v) is 2.99. The molecule has 19 heavy (non-hydrogen) atoms. The minimum Gasteiger partial charge on any atom is -0.304 e. The predicted molar refractivity (Wildman–Crippen MR) is 78.2 cm³/mol. The lowest BCUT2D eigenvalue weighted by Gasteiger charge is -2.38. The summed E-state index contributed by atoms with van der Waals surface area (Å²) in [5.74, 6) is 0. The largest absolute Gasteiger partial charge is 0.304 e. The van der Waals surface area contributed by atoms with Crippen molar-refractivity contribution >= 4 is 21.6 Å². The first kappa shape index (κ1) is 14.4. The second-order valence-electron chi connectivity index (χ2n) is 5.09. The molecule has 1 saturated heterocycles. The molecule has 1 heterocycles. The Kier molecular flexibility index (Phi) is 4.54. The van der Waals surface area contributed by atoms with Gasteiger partial charge in [-0.05, 0) is 35.5 Å². The highest BCUT2D eigenvalue weighted by molar-refractivity contribution is 9.10. The second kappa shape index (κ2) is 5.98. The van der Waals surface area contributed by atoms with Crippen molar-refractivity contribution in [2.45, 2.75) is 19.5 Å². The van der Waals surface area contributed by atoms with Crippen LogP contribution in [0.4, 0.5) is 5.69 Å². The number of nitro groups is 1. The van der Waals surface area contributed by atoms with Gasteiger partial charge >= 0.3 is 0 Å². The minimum absolute atomic E-state index is 0.138. The summed E-state index contributed by atoms with van der Waals surface area (Å²) < 4.78 is 0.603. The number of hydrogen-bond donors (Lipinski definition) is 0. The number of likely N-dealkylation sites (N-methyl/N-ethyl adjacent to an activating group) is 1. The maximum absolute atomic E-state index is 10.9. The second-order valence-corrected chi connectivity index (χ2v) is 5.88. The molecule has 1 aromatic carbocycles. The molecule has 1 aliphatic rings. The molecule has 1 fully saturated rings. The quantitative estimate of drug-likeness (QED) is 0.632. The van der Waals surface area contributed by atoms with Gasteiger partial charge in [-0.3, -0.25) is 15.0 Å². The molecular formula is C13H18BrN3O2. The molecule has 0 amide bonds. The monoisotopic (exact) mass is 327 g/mol. The summed E-state index contributed by atoms with van der Waals surface area (Å²) in [7, 11) is 2.12. The van der Waals surface area contributed by atoms with Gasteiger partial charge in [0.1, 0.15) is 0 Å². The van der Waals surface area contributed by atoms with Gasteiger partial charge in [-0.25, -0.2) is 0 Å². The normalized spacial score (nSPS) is 21.5. The maximum atomic E-state index is 10.9. The molecule has 104 valence electrons. The van der Waals surface area contributed by atoms with E-state index in [1.807, 2.05) is 6.07 Å². The van der Waals surface area contributed by atoms with Crippen molar-refractivity contribution < 1.29 is 4.92 Å². The maximum Gasteiger partial charge on any atom is 0.283 e. The minimum atomic E-state index is -0.346. The summed E-state index contributed by atoms with van der Waals surface area (Å²) in [5, 5.41) is 10.9. The molecule has 0 saturated carbocycles. The van der Waals surface area contributed by atoms with Crippen LogP contribution in [0.15, 0.2) is 22.7 Å². The highest BCUT2D eigenvalue weighted by atomic mass is 79.9. The van der Waals surface area contributed by atoms with E-state index in [0.29, 0.717) is 10.5 Å². The van der Waals surface area contributed by atoms with Crippen LogP contribution in [-0.4, -0.2) is 47.4 Å². The van der Waals surface area contributed by atoms with Gasteiger partial charge in [0.15, 0.2) is 0 Å². The predicted octanol–water partition coefficient (Wildman–Crippen LogP) is 2.49. The van der Waals surface area contributed by atoms with Gasteiger partial charge < -0.3 is 4.90 Å². The Morgan fingerprint density at radius 2 is 2.21 bits per heavy atom. The Bertz CT molecular complexity index is 481. The zero-order valence-corrected chi connectivity index (χ0v) is 12.8. The number of nitrogens with zero attached hydrogens (tertiary/aromatic N) is 3. The summed E-state index contributed by atoms with van der Waals surface area (Å²) >= 11 is 3.36. The average Bonchev–Trinajstić information content (AvgIpc) is 2.34. The van der Waals surface area contributed by atoms with Crippen molar-refractivity contribution in [1.82, 2.24) is 9.80 Å². The Morgan fingerprint density at radius 3 is 2.84 bits per heavy atom. The molecule has 0 spiro atoms. The van der Waals surface area contributed by atoms with E-state index < -0.39 is 0 Å². The third kappa shape index (κ3) is 3.32. The van der Waals surface area contributed by atoms with Crippen molar-refractivity contribution in [3.8, 4) is 0 Å². The Hall–Kier alpha value is -0.980. The molecule has 5 nitrogen and oxygen atoms in total. The molecule has 1 unspecified atom stereocenters. The molecule has 0 bridgehead atoms. The average molecular weight is 328 g/mol. The first-order valence-corrected chi connectivity index (χ1v) is 7.12. The fraction of sp³-hybridized carbons (Fsp3) is 0.538. The van der Waals surface area contributed by atoms with Gasteiger partial charge in [-0.15, -0.1) is 0 Å². The van der Waals surface area contributed by atoms with Crippen LogP contribution in [0.2, 0.25) is 0 Å². The van der Waals surface area contributed by atoms with E-state index >= 15 is 0 Å². The Morgan fingerprint density at radius 1 is 1.47 bits per heavy atom. The number of rotatable bonds is 3. The molecule has 6 heteroatoms. The van der Waals surface area contributed by atoms with Crippen LogP contribution >= 0.6 is 15.9 Å². The molecule has 1 aliphatic heterocycles. The van der Waals surface area contributed by atoms with Gasteiger partial charge in [-0.2, -0.15) is 0 Å². The lowest BCUT2D eigenvalue weighted by Crippen LogP contribution is -2.49. The fourth-order valence-electron chi connectivity index (χ4n) is 2.46. The van der Waals surface area contributed by atoms with Crippen LogP contribution in [0.3, 0.4) is 0 Å². The van der Waals surface area contributed by atoms with E-state index in [0.717, 1.165) is 31.7 Å². The highest BCUT2D eigenvalue weighted by Gasteiger charge is 2.23. The van der Waals surface area contributed by atoms with E-state index in [1.54, 1.807) is 6.07 Å². The summed E-state index contributed by atoms with van der Waals surface area (Å²) in [6.45, 7) is 6.01. The number of piperazine rings is 1. The van der Waals surface area contributed by atoms with E-state index in [1.165, 1.54) is 6.07 Å². The van der Waals surface area contributed by atoms with Crippen molar-refractivity contribution in [2.24, 2.45) is 0 Å². The number of benzene rings is 1. The zero-order chi connectivity index (χ0) is 14.0. The van der Waals surface area contributed by atoms with Gasteiger partial charge in [0.25, 0.3) is 5.69 Å². The summed E-state index contributed by atoms with van der Waals surface area (Å²) in [6, 6.07) is 5.69. The van der Waals surface area contributed by atoms with Crippen molar-refractivity contribution in [2.75, 3.05) is 26.7 Å². The SMILES string of the molecule is CC1CN(C)CCN1Cc1cccc([N+](=O)[O-])c1Br. The summed E-state index contributed by atoms with van der Waals surface area (Å²) in [5.41, 5.74) is 1.12. The summed E-state index contributed by atoms with van der Waals surface area (Å²) in [4.78, 5) is 15.3. The molecular weight excluding hydrogens is 310 g/mol.